The largest absolute Gasteiger partial charge is 0.372 e. The number of nitrogens with zero attached hydrogens (tertiary/aromatic N) is 1. The number of hydrogen-bond acceptors (Lipinski definition) is 2. The highest BCUT2D eigenvalue weighted by molar-refractivity contribution is 9.10. The van der Waals surface area contributed by atoms with Crippen LogP contribution in [0.25, 0.3) is 0 Å². The van der Waals surface area contributed by atoms with Crippen LogP contribution in [0.2, 0.25) is 0 Å². The van der Waals surface area contributed by atoms with E-state index in [0.717, 1.165) is 19.5 Å². The standard InChI is InChI=1S/C15H25BrN2/c1-5-18(10-11(2)3)14-7-6-13(8-12(4)17)15(16)9-14/h6-7,9,11-12H,5,8,10,17H2,1-4H3. The van der Waals surface area contributed by atoms with Crippen LogP contribution in [0.15, 0.2) is 22.7 Å². The highest BCUT2D eigenvalue weighted by Crippen LogP contribution is 2.25. The first kappa shape index (κ1) is 15.5. The molecule has 0 aromatic heterocycles. The Kier molecular flexibility index (Phi) is 6.16. The summed E-state index contributed by atoms with van der Waals surface area (Å²) in [4.78, 5) is 2.41. The van der Waals surface area contributed by atoms with Gasteiger partial charge in [-0.25, -0.2) is 0 Å². The summed E-state index contributed by atoms with van der Waals surface area (Å²) in [7, 11) is 0. The topological polar surface area (TPSA) is 29.3 Å². The van der Waals surface area contributed by atoms with Crippen molar-refractivity contribution in [1.82, 2.24) is 0 Å². The van der Waals surface area contributed by atoms with E-state index in [0.29, 0.717) is 5.92 Å². The second kappa shape index (κ2) is 7.15. The lowest BCUT2D eigenvalue weighted by molar-refractivity contribution is 0.618. The molecule has 0 amide bonds. The summed E-state index contributed by atoms with van der Waals surface area (Å²) in [6.07, 6.45) is 0.914. The Hall–Kier alpha value is -0.540. The molecule has 1 aromatic carbocycles. The molecule has 102 valence electrons. The molecule has 2 nitrogen and oxygen atoms in total. The molecule has 1 aromatic rings. The molecule has 0 spiro atoms. The van der Waals surface area contributed by atoms with Gasteiger partial charge in [0.1, 0.15) is 0 Å². The Bertz CT molecular complexity index is 375. The minimum Gasteiger partial charge on any atom is -0.372 e. The van der Waals surface area contributed by atoms with Crippen LogP contribution in [-0.2, 0) is 6.42 Å². The van der Waals surface area contributed by atoms with Crippen molar-refractivity contribution in [3.63, 3.8) is 0 Å². The third kappa shape index (κ3) is 4.62. The highest BCUT2D eigenvalue weighted by Gasteiger charge is 2.09. The van der Waals surface area contributed by atoms with Crippen molar-refractivity contribution in [3.8, 4) is 0 Å². The number of anilines is 1. The fraction of sp³-hybridized carbons (Fsp3) is 0.600. The summed E-state index contributed by atoms with van der Waals surface area (Å²) in [5.74, 6) is 0.674. The van der Waals surface area contributed by atoms with Crippen molar-refractivity contribution in [1.29, 1.82) is 0 Å². The quantitative estimate of drug-likeness (QED) is 0.865. The smallest absolute Gasteiger partial charge is 0.0377 e. The van der Waals surface area contributed by atoms with Crippen molar-refractivity contribution in [3.05, 3.63) is 28.2 Å². The van der Waals surface area contributed by atoms with Crippen molar-refractivity contribution >= 4 is 21.6 Å². The summed E-state index contributed by atoms with van der Waals surface area (Å²) in [5, 5.41) is 0. The van der Waals surface area contributed by atoms with Crippen molar-refractivity contribution in [2.24, 2.45) is 11.7 Å². The monoisotopic (exact) mass is 312 g/mol. The van der Waals surface area contributed by atoms with Gasteiger partial charge in [-0.3, -0.25) is 0 Å². The van der Waals surface area contributed by atoms with E-state index < -0.39 is 0 Å². The molecule has 0 aliphatic rings. The van der Waals surface area contributed by atoms with Gasteiger partial charge in [0.05, 0.1) is 0 Å². The van der Waals surface area contributed by atoms with Gasteiger partial charge in [-0.15, -0.1) is 0 Å². The maximum Gasteiger partial charge on any atom is 0.0377 e. The van der Waals surface area contributed by atoms with Crippen LogP contribution < -0.4 is 10.6 Å². The zero-order chi connectivity index (χ0) is 13.7. The lowest BCUT2D eigenvalue weighted by atomic mass is 10.1. The van der Waals surface area contributed by atoms with Gasteiger partial charge in [0.15, 0.2) is 0 Å². The molecule has 1 unspecified atom stereocenters. The first-order chi connectivity index (χ1) is 8.43. The predicted octanol–water partition coefficient (Wildman–Crippen LogP) is 3.82. The number of hydrogen-bond donors (Lipinski definition) is 1. The molecule has 0 bridgehead atoms. The average molecular weight is 313 g/mol. The van der Waals surface area contributed by atoms with E-state index in [9.17, 15) is 0 Å². The molecule has 0 aliphatic carbocycles. The van der Waals surface area contributed by atoms with Crippen LogP contribution in [0, 0.1) is 5.92 Å². The molecule has 2 N–H and O–H groups in total. The first-order valence-electron chi connectivity index (χ1n) is 6.73. The Morgan fingerprint density at radius 1 is 1.28 bits per heavy atom. The molecule has 0 saturated heterocycles. The molecular formula is C15H25BrN2. The highest BCUT2D eigenvalue weighted by atomic mass is 79.9. The number of nitrogens with two attached hydrogens (primary N) is 1. The molecule has 0 saturated carbocycles. The fourth-order valence-electron chi connectivity index (χ4n) is 2.10. The number of halogens is 1. The summed E-state index contributed by atoms with van der Waals surface area (Å²) in [6.45, 7) is 10.9. The van der Waals surface area contributed by atoms with Crippen LogP contribution in [0.5, 0.6) is 0 Å². The maximum atomic E-state index is 5.85. The second-order valence-electron chi connectivity index (χ2n) is 5.39. The lowest BCUT2D eigenvalue weighted by Crippen LogP contribution is -2.27. The predicted molar refractivity (Wildman–Crippen MR) is 84.2 cm³/mol. The van der Waals surface area contributed by atoms with Crippen LogP contribution in [-0.4, -0.2) is 19.1 Å². The maximum absolute atomic E-state index is 5.85. The molecule has 0 aliphatic heterocycles. The lowest BCUT2D eigenvalue weighted by Gasteiger charge is -2.26. The molecule has 0 fully saturated rings. The number of rotatable bonds is 6. The SMILES string of the molecule is CCN(CC(C)C)c1ccc(CC(C)N)c(Br)c1. The van der Waals surface area contributed by atoms with Gasteiger partial charge in [0.2, 0.25) is 0 Å². The van der Waals surface area contributed by atoms with Crippen molar-refractivity contribution in [2.75, 3.05) is 18.0 Å². The van der Waals surface area contributed by atoms with Gasteiger partial charge < -0.3 is 10.6 Å². The molecule has 0 heterocycles. The van der Waals surface area contributed by atoms with Crippen molar-refractivity contribution in [2.45, 2.75) is 40.2 Å². The van der Waals surface area contributed by atoms with Gasteiger partial charge in [-0.1, -0.05) is 35.8 Å². The average Bonchev–Trinajstić information content (AvgIpc) is 2.28. The minimum atomic E-state index is 0.199. The Morgan fingerprint density at radius 3 is 2.39 bits per heavy atom. The first-order valence-corrected chi connectivity index (χ1v) is 7.52. The van der Waals surface area contributed by atoms with Crippen LogP contribution in [0.3, 0.4) is 0 Å². The van der Waals surface area contributed by atoms with Crippen molar-refractivity contribution < 1.29 is 0 Å². The van der Waals surface area contributed by atoms with Gasteiger partial charge in [0, 0.05) is 29.3 Å². The second-order valence-corrected chi connectivity index (χ2v) is 6.24. The van der Waals surface area contributed by atoms with Gasteiger partial charge >= 0.3 is 0 Å². The van der Waals surface area contributed by atoms with E-state index in [2.05, 4.69) is 59.8 Å². The van der Waals surface area contributed by atoms with Gasteiger partial charge in [-0.05, 0) is 43.9 Å². The molecule has 1 rings (SSSR count). The van der Waals surface area contributed by atoms with E-state index in [1.54, 1.807) is 0 Å². The van der Waals surface area contributed by atoms with Gasteiger partial charge in [-0.2, -0.15) is 0 Å². The Balaban J connectivity index is 2.87. The summed E-state index contributed by atoms with van der Waals surface area (Å²) < 4.78 is 1.17. The Morgan fingerprint density at radius 2 is 1.94 bits per heavy atom. The third-order valence-electron chi connectivity index (χ3n) is 2.91. The zero-order valence-electron chi connectivity index (χ0n) is 11.9. The van der Waals surface area contributed by atoms with Crippen LogP contribution in [0.1, 0.15) is 33.3 Å². The van der Waals surface area contributed by atoms with E-state index in [1.807, 2.05) is 6.92 Å². The Labute approximate surface area is 120 Å². The summed E-state index contributed by atoms with van der Waals surface area (Å²) in [5.41, 5.74) is 8.42. The van der Waals surface area contributed by atoms with E-state index >= 15 is 0 Å². The minimum absolute atomic E-state index is 0.199. The van der Waals surface area contributed by atoms with E-state index in [1.165, 1.54) is 15.7 Å². The van der Waals surface area contributed by atoms with Crippen LogP contribution >= 0.6 is 15.9 Å². The normalized spacial score (nSPS) is 12.8. The fourth-order valence-corrected chi connectivity index (χ4v) is 2.63. The molecule has 3 heteroatoms. The molecular weight excluding hydrogens is 288 g/mol. The zero-order valence-corrected chi connectivity index (χ0v) is 13.5. The molecule has 1 atom stereocenters. The van der Waals surface area contributed by atoms with E-state index in [4.69, 9.17) is 5.73 Å². The third-order valence-corrected chi connectivity index (χ3v) is 3.65. The summed E-state index contributed by atoms with van der Waals surface area (Å²) >= 11 is 3.66. The van der Waals surface area contributed by atoms with Gasteiger partial charge in [0.25, 0.3) is 0 Å². The van der Waals surface area contributed by atoms with Crippen LogP contribution in [0.4, 0.5) is 5.69 Å². The molecule has 0 radical (unpaired) electrons. The number of benzene rings is 1. The summed E-state index contributed by atoms with van der Waals surface area (Å²) in [6, 6.07) is 6.80. The molecule has 18 heavy (non-hydrogen) atoms. The van der Waals surface area contributed by atoms with E-state index in [-0.39, 0.29) is 6.04 Å².